The maximum atomic E-state index is 13.3. The van der Waals surface area contributed by atoms with E-state index in [1.54, 1.807) is 19.9 Å². The Kier molecular flexibility index (Phi) is 6.80. The van der Waals surface area contributed by atoms with Gasteiger partial charge < -0.3 is 14.7 Å². The minimum atomic E-state index is -4.31. The molecule has 1 atom stereocenters. The van der Waals surface area contributed by atoms with Crippen LogP contribution in [0.15, 0.2) is 35.2 Å². The first-order valence-electron chi connectivity index (χ1n) is 9.79. The zero-order valence-electron chi connectivity index (χ0n) is 18.7. The number of carbonyl (C=O) groups excluding carboxylic acids is 1. The smallest absolute Gasteiger partial charge is 0.415 e. The first-order chi connectivity index (χ1) is 13.6. The second-order valence-electron chi connectivity index (χ2n) is 9.38. The third-order valence-electron chi connectivity index (χ3n) is 5.82. The van der Waals surface area contributed by atoms with Crippen molar-refractivity contribution in [1.29, 1.82) is 0 Å². The number of rotatable bonds is 4. The first kappa shape index (κ1) is 24.4. The number of hydrogen-bond donors (Lipinski definition) is 0. The van der Waals surface area contributed by atoms with Crippen molar-refractivity contribution >= 4 is 29.1 Å². The fraction of sp³-hybridized carbons (Fsp3) is 0.600. The van der Waals surface area contributed by atoms with Crippen LogP contribution in [0.1, 0.15) is 34.6 Å². The van der Waals surface area contributed by atoms with E-state index in [1.165, 1.54) is 29.2 Å². The number of benzene rings is 1. The molecule has 0 bridgehead atoms. The number of carbonyl (C=O) groups is 1. The maximum absolute atomic E-state index is 13.3. The van der Waals surface area contributed by atoms with Crippen molar-refractivity contribution < 1.29 is 27.2 Å². The summed E-state index contributed by atoms with van der Waals surface area (Å²) in [7, 11) is -6.41. The molecular formula is C20H31N3O5SSi. The molecule has 1 saturated heterocycles. The number of hydrogen-bond acceptors (Lipinski definition) is 5. The normalized spacial score (nSPS) is 19.4. The van der Waals surface area contributed by atoms with E-state index in [0.29, 0.717) is 0 Å². The van der Waals surface area contributed by atoms with Gasteiger partial charge in [0.15, 0.2) is 8.32 Å². The Morgan fingerprint density at radius 1 is 1.30 bits per heavy atom. The number of ether oxygens (including phenoxy) is 1. The fourth-order valence-electron chi connectivity index (χ4n) is 2.96. The molecule has 2 rings (SSSR count). The Bertz CT molecular complexity index is 948. The molecule has 0 N–H and O–H groups in total. The van der Waals surface area contributed by atoms with E-state index < -0.39 is 40.9 Å². The van der Waals surface area contributed by atoms with Crippen molar-refractivity contribution in [3.05, 3.63) is 35.9 Å². The lowest BCUT2D eigenvalue weighted by Crippen LogP contribution is -2.54. The SMILES string of the molecule is CC1(C)OC[C@H](CO[Si](C)(C)C(C)(C)C)N1C(=O)C(=[N+]=[N-])S(=O)(=O)c1ccccc1. The predicted octanol–water partition coefficient (Wildman–Crippen LogP) is 3.07. The minimum Gasteiger partial charge on any atom is -0.415 e. The highest BCUT2D eigenvalue weighted by Gasteiger charge is 2.52. The Balaban J connectivity index is 2.35. The topological polar surface area (TPSA) is 109 Å². The highest BCUT2D eigenvalue weighted by atomic mass is 32.2. The first-order valence-corrected chi connectivity index (χ1v) is 14.2. The van der Waals surface area contributed by atoms with E-state index in [1.807, 2.05) is 0 Å². The quantitative estimate of drug-likeness (QED) is 0.229. The molecule has 0 aromatic heterocycles. The molecule has 10 heteroatoms. The van der Waals surface area contributed by atoms with Crippen molar-refractivity contribution in [2.75, 3.05) is 13.2 Å². The Labute approximate surface area is 179 Å². The molecule has 0 saturated carbocycles. The van der Waals surface area contributed by atoms with E-state index in [-0.39, 0.29) is 23.1 Å². The summed E-state index contributed by atoms with van der Waals surface area (Å²) in [5.74, 6) is -0.923. The molecule has 1 aliphatic heterocycles. The van der Waals surface area contributed by atoms with Gasteiger partial charge in [-0.15, -0.1) is 4.79 Å². The van der Waals surface area contributed by atoms with Crippen LogP contribution in [0.3, 0.4) is 0 Å². The van der Waals surface area contributed by atoms with E-state index in [0.717, 1.165) is 0 Å². The molecule has 1 amide bonds. The average molecular weight is 454 g/mol. The molecule has 0 radical (unpaired) electrons. The van der Waals surface area contributed by atoms with Crippen LogP contribution in [-0.4, -0.2) is 62.4 Å². The lowest BCUT2D eigenvalue weighted by atomic mass is 10.2. The summed E-state index contributed by atoms with van der Waals surface area (Å²) in [4.78, 5) is 17.3. The summed E-state index contributed by atoms with van der Waals surface area (Å²) >= 11 is 0. The highest BCUT2D eigenvalue weighted by molar-refractivity contribution is 8.08. The van der Waals surface area contributed by atoms with Crippen LogP contribution < -0.4 is 0 Å². The van der Waals surface area contributed by atoms with Crippen LogP contribution in [0, 0.1) is 0 Å². The second kappa shape index (κ2) is 8.36. The van der Waals surface area contributed by atoms with Gasteiger partial charge in [0.25, 0.3) is 9.84 Å². The number of nitrogens with zero attached hydrogens (tertiary/aromatic N) is 3. The summed E-state index contributed by atoms with van der Waals surface area (Å²) in [6, 6.07) is 6.90. The highest BCUT2D eigenvalue weighted by Crippen LogP contribution is 2.37. The average Bonchev–Trinajstić information content (AvgIpc) is 2.94. The van der Waals surface area contributed by atoms with Crippen molar-refractivity contribution in [3.8, 4) is 0 Å². The molecule has 1 aromatic carbocycles. The second-order valence-corrected chi connectivity index (χ2v) is 16.1. The van der Waals surface area contributed by atoms with E-state index in [2.05, 4.69) is 38.7 Å². The fourth-order valence-corrected chi connectivity index (χ4v) is 5.18. The molecule has 0 aliphatic carbocycles. The van der Waals surface area contributed by atoms with Gasteiger partial charge in [-0.2, -0.15) is 0 Å². The molecule has 0 unspecified atom stereocenters. The van der Waals surface area contributed by atoms with Crippen LogP contribution in [0.2, 0.25) is 18.1 Å². The predicted molar refractivity (Wildman–Crippen MR) is 116 cm³/mol. The van der Waals surface area contributed by atoms with Gasteiger partial charge >= 0.3 is 11.0 Å². The summed E-state index contributed by atoms with van der Waals surface area (Å²) in [5, 5.41) is -0.963. The molecule has 1 aliphatic rings. The molecule has 1 aromatic rings. The van der Waals surface area contributed by atoms with Crippen LogP contribution in [0.5, 0.6) is 0 Å². The lowest BCUT2D eigenvalue weighted by molar-refractivity contribution is -0.142. The molecular weight excluding hydrogens is 422 g/mol. The van der Waals surface area contributed by atoms with Gasteiger partial charge in [-0.1, -0.05) is 39.0 Å². The zero-order valence-corrected chi connectivity index (χ0v) is 20.5. The zero-order chi connectivity index (χ0) is 23.0. The van der Waals surface area contributed by atoms with E-state index in [9.17, 15) is 18.7 Å². The molecule has 0 spiro atoms. The van der Waals surface area contributed by atoms with Gasteiger partial charge in [-0.05, 0) is 44.1 Å². The molecule has 30 heavy (non-hydrogen) atoms. The Morgan fingerprint density at radius 3 is 2.37 bits per heavy atom. The standard InChI is InChI=1S/C20H31N3O5SSi/c1-19(2,3)30(6,7)28-14-15-13-27-20(4,5)23(15)18(24)17(22-21)29(25,26)16-11-9-8-10-12-16/h8-12,15H,13-14H2,1-7H3/t15-/m1/s1. The van der Waals surface area contributed by atoms with Crippen molar-refractivity contribution in [3.63, 3.8) is 0 Å². The summed E-state index contributed by atoms with van der Waals surface area (Å²) in [6.07, 6.45) is 0. The third-order valence-corrected chi connectivity index (χ3v) is 12.0. The van der Waals surface area contributed by atoms with Crippen molar-refractivity contribution in [2.24, 2.45) is 0 Å². The van der Waals surface area contributed by atoms with Gasteiger partial charge in [0.05, 0.1) is 24.2 Å². The van der Waals surface area contributed by atoms with Crippen LogP contribution in [0.4, 0.5) is 0 Å². The van der Waals surface area contributed by atoms with E-state index in [4.69, 9.17) is 9.16 Å². The summed E-state index contributed by atoms with van der Waals surface area (Å²) < 4.78 is 37.9. The molecule has 166 valence electrons. The lowest BCUT2D eigenvalue weighted by Gasteiger charge is -2.38. The monoisotopic (exact) mass is 453 g/mol. The largest absolute Gasteiger partial charge is 0.473 e. The maximum Gasteiger partial charge on any atom is 0.473 e. The van der Waals surface area contributed by atoms with Crippen molar-refractivity contribution in [1.82, 2.24) is 4.90 Å². The molecule has 8 nitrogen and oxygen atoms in total. The van der Waals surface area contributed by atoms with Gasteiger partial charge in [-0.3, -0.25) is 9.69 Å². The Morgan fingerprint density at radius 2 is 1.87 bits per heavy atom. The minimum absolute atomic E-state index is 0.0226. The Hall–Kier alpha value is -1.84. The van der Waals surface area contributed by atoms with Crippen LogP contribution in [0.25, 0.3) is 5.53 Å². The number of amides is 1. The van der Waals surface area contributed by atoms with Crippen LogP contribution >= 0.6 is 0 Å². The molecule has 1 heterocycles. The number of sulfone groups is 1. The molecule has 1 fully saturated rings. The van der Waals surface area contributed by atoms with Crippen LogP contribution in [-0.2, 0) is 23.8 Å². The summed E-state index contributed by atoms with van der Waals surface area (Å²) in [5.41, 5.74) is 8.39. The van der Waals surface area contributed by atoms with Gasteiger partial charge in [0.1, 0.15) is 5.72 Å². The van der Waals surface area contributed by atoms with Crippen molar-refractivity contribution in [2.45, 2.75) is 69.4 Å². The van der Waals surface area contributed by atoms with Gasteiger partial charge in [0.2, 0.25) is 0 Å². The van der Waals surface area contributed by atoms with Gasteiger partial charge in [-0.25, -0.2) is 8.42 Å². The van der Waals surface area contributed by atoms with Gasteiger partial charge in [0, 0.05) is 0 Å². The van der Waals surface area contributed by atoms with E-state index >= 15 is 0 Å². The summed E-state index contributed by atoms with van der Waals surface area (Å²) in [6.45, 7) is 14.3. The third kappa shape index (κ3) is 4.73.